The lowest BCUT2D eigenvalue weighted by Gasteiger charge is -2.25. The van der Waals surface area contributed by atoms with Crippen molar-refractivity contribution in [2.45, 2.75) is 26.3 Å². The highest BCUT2D eigenvalue weighted by Crippen LogP contribution is 2.40. The lowest BCUT2D eigenvalue weighted by Crippen LogP contribution is -2.30. The van der Waals surface area contributed by atoms with Gasteiger partial charge in [-0.1, -0.05) is 42.3 Å². The Hall–Kier alpha value is -2.50. The van der Waals surface area contributed by atoms with Crippen LogP contribution in [0.25, 0.3) is 5.76 Å². The van der Waals surface area contributed by atoms with Crippen LogP contribution in [0.1, 0.15) is 37.4 Å². The summed E-state index contributed by atoms with van der Waals surface area (Å²) in [4.78, 5) is 27.0. The van der Waals surface area contributed by atoms with Crippen LogP contribution in [0.5, 0.6) is 5.75 Å². The number of rotatable bonds is 6. The molecule has 5 nitrogen and oxygen atoms in total. The predicted octanol–water partition coefficient (Wildman–Crippen LogP) is 5.22. The fourth-order valence-electron chi connectivity index (χ4n) is 3.44. The summed E-state index contributed by atoms with van der Waals surface area (Å²) in [6.45, 7) is 4.67. The van der Waals surface area contributed by atoms with Crippen molar-refractivity contribution in [3.8, 4) is 5.75 Å². The van der Waals surface area contributed by atoms with E-state index in [0.29, 0.717) is 41.5 Å². The molecule has 1 aliphatic heterocycles. The van der Waals surface area contributed by atoms with E-state index in [-0.39, 0.29) is 16.4 Å². The van der Waals surface area contributed by atoms with E-state index in [1.165, 1.54) is 17.0 Å². The molecule has 0 spiro atoms. The third-order valence-electron chi connectivity index (χ3n) is 4.68. The Balaban J connectivity index is 2.18. The van der Waals surface area contributed by atoms with Crippen molar-refractivity contribution in [2.75, 3.05) is 13.2 Å². The fourth-order valence-corrected chi connectivity index (χ4v) is 3.74. The van der Waals surface area contributed by atoms with Crippen LogP contribution in [0.15, 0.2) is 48.0 Å². The molecular weight excluding hydrogens is 413 g/mol. The van der Waals surface area contributed by atoms with Crippen LogP contribution in [0.2, 0.25) is 10.0 Å². The van der Waals surface area contributed by atoms with Crippen molar-refractivity contribution < 1.29 is 19.4 Å². The Morgan fingerprint density at radius 2 is 1.86 bits per heavy atom. The van der Waals surface area contributed by atoms with Gasteiger partial charge in [-0.2, -0.15) is 0 Å². The number of likely N-dealkylation sites (tertiary alicyclic amines) is 1. The van der Waals surface area contributed by atoms with E-state index in [4.69, 9.17) is 27.9 Å². The summed E-state index contributed by atoms with van der Waals surface area (Å²) >= 11 is 12.0. The summed E-state index contributed by atoms with van der Waals surface area (Å²) in [6.07, 6.45) is 0.668. The molecule has 0 aromatic heterocycles. The monoisotopic (exact) mass is 433 g/mol. The second-order valence-corrected chi connectivity index (χ2v) is 7.44. The summed E-state index contributed by atoms with van der Waals surface area (Å²) in [5.41, 5.74) is 1.03. The lowest BCUT2D eigenvalue weighted by molar-refractivity contribution is -0.139. The predicted molar refractivity (Wildman–Crippen MR) is 113 cm³/mol. The van der Waals surface area contributed by atoms with E-state index in [0.717, 1.165) is 0 Å². The highest BCUT2D eigenvalue weighted by Gasteiger charge is 2.45. The van der Waals surface area contributed by atoms with Crippen molar-refractivity contribution >= 4 is 40.7 Å². The lowest BCUT2D eigenvalue weighted by atomic mass is 9.95. The number of nitrogens with zero attached hydrogens (tertiary/aromatic N) is 1. The summed E-state index contributed by atoms with van der Waals surface area (Å²) in [7, 11) is 0. The number of ketones is 1. The number of hydrogen-bond donors (Lipinski definition) is 1. The third kappa shape index (κ3) is 4.11. The molecule has 7 heteroatoms. The van der Waals surface area contributed by atoms with E-state index >= 15 is 0 Å². The number of carbonyl (C=O) groups is 2. The number of ether oxygens (including phenoxy) is 1. The second kappa shape index (κ2) is 8.89. The van der Waals surface area contributed by atoms with Gasteiger partial charge in [-0.05, 0) is 49.2 Å². The third-order valence-corrected chi connectivity index (χ3v) is 5.42. The van der Waals surface area contributed by atoms with Crippen molar-refractivity contribution in [1.29, 1.82) is 0 Å². The molecule has 1 N–H and O–H groups in total. The first-order valence-corrected chi connectivity index (χ1v) is 10.1. The van der Waals surface area contributed by atoms with Gasteiger partial charge in [0, 0.05) is 12.1 Å². The molecule has 152 valence electrons. The minimum atomic E-state index is -0.728. The fraction of sp³-hybridized carbons (Fsp3) is 0.273. The van der Waals surface area contributed by atoms with Crippen molar-refractivity contribution in [3.05, 3.63) is 69.2 Å². The maximum atomic E-state index is 12.9. The normalized spacial score (nSPS) is 18.3. The average Bonchev–Trinajstić information content (AvgIpc) is 2.95. The molecule has 1 saturated heterocycles. The number of halogens is 2. The number of benzene rings is 2. The molecule has 1 atom stereocenters. The van der Waals surface area contributed by atoms with Gasteiger partial charge in [0.2, 0.25) is 0 Å². The molecule has 0 radical (unpaired) electrons. The van der Waals surface area contributed by atoms with E-state index in [1.807, 2.05) is 19.9 Å². The van der Waals surface area contributed by atoms with Crippen LogP contribution < -0.4 is 4.74 Å². The van der Waals surface area contributed by atoms with Gasteiger partial charge in [0.15, 0.2) is 0 Å². The van der Waals surface area contributed by atoms with Crippen LogP contribution in [-0.2, 0) is 9.59 Å². The van der Waals surface area contributed by atoms with Gasteiger partial charge in [0.25, 0.3) is 11.7 Å². The van der Waals surface area contributed by atoms with E-state index in [2.05, 4.69) is 0 Å². The second-order valence-electron chi connectivity index (χ2n) is 6.63. The molecule has 1 heterocycles. The van der Waals surface area contributed by atoms with Crippen LogP contribution in [0.3, 0.4) is 0 Å². The molecule has 0 bridgehead atoms. The average molecular weight is 434 g/mol. The Morgan fingerprint density at radius 1 is 1.10 bits per heavy atom. The van der Waals surface area contributed by atoms with Gasteiger partial charge in [-0.25, -0.2) is 0 Å². The van der Waals surface area contributed by atoms with Gasteiger partial charge in [0.1, 0.15) is 11.5 Å². The molecule has 1 aliphatic rings. The molecule has 29 heavy (non-hydrogen) atoms. The zero-order valence-corrected chi connectivity index (χ0v) is 17.6. The summed E-state index contributed by atoms with van der Waals surface area (Å²) < 4.78 is 5.57. The Kier molecular flexibility index (Phi) is 6.50. The number of aliphatic hydroxyl groups is 1. The summed E-state index contributed by atoms with van der Waals surface area (Å²) in [5, 5.41) is 11.5. The standard InChI is InChI=1S/C22H21Cl2NO4/c1-3-10-25-19(13-6-5-7-15(11-13)29-4-2)18(21(27)22(25)28)20(26)14-8-9-16(23)17(24)12-14/h5-9,11-12,19,26H,3-4,10H2,1-2H3/b20-18-. The Bertz CT molecular complexity index is 987. The van der Waals surface area contributed by atoms with E-state index < -0.39 is 17.7 Å². The molecular formula is C22H21Cl2NO4. The zero-order valence-electron chi connectivity index (χ0n) is 16.1. The molecule has 0 aliphatic carbocycles. The van der Waals surface area contributed by atoms with Crippen LogP contribution in [0, 0.1) is 0 Å². The van der Waals surface area contributed by atoms with E-state index in [9.17, 15) is 14.7 Å². The van der Waals surface area contributed by atoms with Gasteiger partial charge in [-0.15, -0.1) is 0 Å². The SMILES string of the molecule is CCCN1C(=O)C(=O)/C(=C(\O)c2ccc(Cl)c(Cl)c2)C1c1cccc(OCC)c1. The minimum absolute atomic E-state index is 0.0236. The number of carbonyl (C=O) groups excluding carboxylic acids is 2. The van der Waals surface area contributed by atoms with Crippen LogP contribution in [0.4, 0.5) is 0 Å². The van der Waals surface area contributed by atoms with Gasteiger partial charge in [0.05, 0.1) is 28.3 Å². The first kappa shape index (κ1) is 21.2. The Labute approximate surface area is 179 Å². The number of amides is 1. The number of hydrogen-bond acceptors (Lipinski definition) is 4. The molecule has 2 aromatic carbocycles. The topological polar surface area (TPSA) is 66.8 Å². The van der Waals surface area contributed by atoms with Crippen LogP contribution >= 0.6 is 23.2 Å². The summed E-state index contributed by atoms with van der Waals surface area (Å²) in [6, 6.07) is 11.0. The van der Waals surface area contributed by atoms with Crippen molar-refractivity contribution in [3.63, 3.8) is 0 Å². The highest BCUT2D eigenvalue weighted by molar-refractivity contribution is 6.46. The van der Waals surface area contributed by atoms with Crippen molar-refractivity contribution in [2.24, 2.45) is 0 Å². The number of aliphatic hydroxyl groups excluding tert-OH is 1. The smallest absolute Gasteiger partial charge is 0.295 e. The highest BCUT2D eigenvalue weighted by atomic mass is 35.5. The quantitative estimate of drug-likeness (QED) is 0.385. The molecule has 0 saturated carbocycles. The molecule has 1 unspecified atom stereocenters. The first-order valence-electron chi connectivity index (χ1n) is 9.35. The van der Waals surface area contributed by atoms with Gasteiger partial charge in [-0.3, -0.25) is 9.59 Å². The van der Waals surface area contributed by atoms with Gasteiger partial charge < -0.3 is 14.7 Å². The molecule has 2 aromatic rings. The first-order chi connectivity index (χ1) is 13.9. The zero-order chi connectivity index (χ0) is 21.1. The maximum absolute atomic E-state index is 12.9. The molecule has 1 amide bonds. The minimum Gasteiger partial charge on any atom is -0.507 e. The largest absolute Gasteiger partial charge is 0.507 e. The molecule has 1 fully saturated rings. The van der Waals surface area contributed by atoms with E-state index in [1.54, 1.807) is 24.3 Å². The Morgan fingerprint density at radius 3 is 2.52 bits per heavy atom. The molecule has 3 rings (SSSR count). The summed E-state index contributed by atoms with van der Waals surface area (Å²) in [5.74, 6) is -1.02. The maximum Gasteiger partial charge on any atom is 0.295 e. The van der Waals surface area contributed by atoms with Gasteiger partial charge >= 0.3 is 0 Å². The van der Waals surface area contributed by atoms with Crippen LogP contribution in [-0.4, -0.2) is 34.8 Å². The number of Topliss-reactive ketones (excluding diaryl/α,β-unsaturated/α-hetero) is 1. The van der Waals surface area contributed by atoms with Crippen molar-refractivity contribution in [1.82, 2.24) is 4.90 Å².